The Kier molecular flexibility index (Phi) is 2.79. The van der Waals surface area contributed by atoms with E-state index in [-0.39, 0.29) is 0 Å². The molecule has 1 atom stereocenters. The van der Waals surface area contributed by atoms with Gasteiger partial charge in [0.05, 0.1) is 0 Å². The van der Waals surface area contributed by atoms with E-state index in [1.807, 2.05) is 0 Å². The van der Waals surface area contributed by atoms with E-state index >= 15 is 0 Å². The van der Waals surface area contributed by atoms with Crippen molar-refractivity contribution in [3.05, 3.63) is 22.4 Å². The summed E-state index contributed by atoms with van der Waals surface area (Å²) < 4.78 is 0. The number of halogens is 1. The summed E-state index contributed by atoms with van der Waals surface area (Å²) in [7, 11) is 0. The van der Waals surface area contributed by atoms with Crippen LogP contribution in [0.2, 0.25) is 0 Å². The van der Waals surface area contributed by atoms with Gasteiger partial charge < -0.3 is 0 Å². The van der Waals surface area contributed by atoms with Crippen molar-refractivity contribution >= 4 is 27.3 Å². The van der Waals surface area contributed by atoms with Gasteiger partial charge in [-0.1, -0.05) is 43.6 Å². The van der Waals surface area contributed by atoms with Crippen molar-refractivity contribution in [2.75, 3.05) is 0 Å². The van der Waals surface area contributed by atoms with Gasteiger partial charge in [0.25, 0.3) is 0 Å². The fraction of sp³-hybridized carbons (Fsp3) is 0.692. The number of thiophene rings is 1. The molecular weight excluding hydrogens is 268 g/mol. The van der Waals surface area contributed by atoms with Crippen LogP contribution in [0.25, 0.3) is 0 Å². The normalized spacial score (nSPS) is 25.1. The minimum atomic E-state index is 0.483. The lowest BCUT2D eigenvalue weighted by molar-refractivity contribution is 0.457. The molecule has 0 bridgehead atoms. The van der Waals surface area contributed by atoms with Gasteiger partial charge in [-0.15, -0.1) is 0 Å². The average molecular weight is 287 g/mol. The van der Waals surface area contributed by atoms with Gasteiger partial charge in [0.15, 0.2) is 0 Å². The molecule has 0 saturated heterocycles. The van der Waals surface area contributed by atoms with Crippen molar-refractivity contribution < 1.29 is 0 Å². The standard InChI is InChI=1S/C13H19BrS/c1-12(2)11(13(12,3)4)10(14)7-9-5-6-15-8-9/h5-6,8,10-11H,7H2,1-4H3. The molecule has 2 heteroatoms. The molecule has 1 aliphatic carbocycles. The van der Waals surface area contributed by atoms with E-state index in [4.69, 9.17) is 0 Å². The fourth-order valence-corrected chi connectivity index (χ4v) is 5.28. The Morgan fingerprint density at radius 1 is 1.33 bits per heavy atom. The van der Waals surface area contributed by atoms with Crippen molar-refractivity contribution in [1.82, 2.24) is 0 Å². The minimum absolute atomic E-state index is 0.483. The quantitative estimate of drug-likeness (QED) is 0.705. The zero-order valence-electron chi connectivity index (χ0n) is 9.88. The molecule has 0 N–H and O–H groups in total. The lowest BCUT2D eigenvalue weighted by Gasteiger charge is -2.10. The van der Waals surface area contributed by atoms with Crippen LogP contribution in [-0.4, -0.2) is 4.83 Å². The van der Waals surface area contributed by atoms with Crippen LogP contribution in [0.3, 0.4) is 0 Å². The van der Waals surface area contributed by atoms with Crippen LogP contribution >= 0.6 is 27.3 Å². The Labute approximate surface area is 105 Å². The molecule has 1 aromatic heterocycles. The molecule has 0 aliphatic heterocycles. The average Bonchev–Trinajstić information content (AvgIpc) is 2.53. The van der Waals surface area contributed by atoms with Crippen molar-refractivity contribution in [1.29, 1.82) is 0 Å². The summed E-state index contributed by atoms with van der Waals surface area (Å²) in [6.45, 7) is 9.55. The summed E-state index contributed by atoms with van der Waals surface area (Å²) in [5, 5.41) is 4.43. The SMILES string of the molecule is CC1(C)C(C(Br)Cc2ccsc2)C1(C)C. The summed E-state index contributed by atoms with van der Waals surface area (Å²) >= 11 is 5.67. The van der Waals surface area contributed by atoms with E-state index < -0.39 is 0 Å². The number of hydrogen-bond acceptors (Lipinski definition) is 1. The Bertz CT molecular complexity index is 323. The second-order valence-electron chi connectivity index (χ2n) is 5.77. The first-order valence-corrected chi connectivity index (χ1v) is 7.38. The van der Waals surface area contributed by atoms with Crippen molar-refractivity contribution in [2.24, 2.45) is 16.7 Å². The highest BCUT2D eigenvalue weighted by molar-refractivity contribution is 9.09. The molecule has 1 fully saturated rings. The maximum absolute atomic E-state index is 3.88. The molecule has 0 spiro atoms. The van der Waals surface area contributed by atoms with Gasteiger partial charge >= 0.3 is 0 Å². The highest BCUT2D eigenvalue weighted by Gasteiger charge is 2.66. The van der Waals surface area contributed by atoms with Gasteiger partial charge in [0, 0.05) is 4.83 Å². The second kappa shape index (κ2) is 3.59. The number of hydrogen-bond donors (Lipinski definition) is 0. The summed E-state index contributed by atoms with van der Waals surface area (Å²) in [5.41, 5.74) is 2.44. The molecule has 0 radical (unpaired) electrons. The number of rotatable bonds is 3. The maximum Gasteiger partial charge on any atom is 0.0225 e. The van der Waals surface area contributed by atoms with Gasteiger partial charge in [-0.05, 0) is 45.6 Å². The van der Waals surface area contributed by atoms with Gasteiger partial charge in [0.2, 0.25) is 0 Å². The molecule has 0 amide bonds. The molecule has 15 heavy (non-hydrogen) atoms. The van der Waals surface area contributed by atoms with E-state index in [1.54, 1.807) is 11.3 Å². The first-order chi connectivity index (χ1) is 6.87. The van der Waals surface area contributed by atoms with Gasteiger partial charge in [0.1, 0.15) is 0 Å². The predicted molar refractivity (Wildman–Crippen MR) is 71.8 cm³/mol. The molecule has 1 aliphatic rings. The molecule has 1 unspecified atom stereocenters. The molecule has 2 rings (SSSR count). The Morgan fingerprint density at radius 3 is 2.33 bits per heavy atom. The number of alkyl halides is 1. The lowest BCUT2D eigenvalue weighted by atomic mass is 10.0. The van der Waals surface area contributed by atoms with Crippen LogP contribution in [0.15, 0.2) is 16.8 Å². The van der Waals surface area contributed by atoms with E-state index in [0.29, 0.717) is 15.7 Å². The molecule has 1 aromatic rings. The molecule has 1 saturated carbocycles. The van der Waals surface area contributed by atoms with Crippen LogP contribution in [0.4, 0.5) is 0 Å². The zero-order valence-corrected chi connectivity index (χ0v) is 12.3. The van der Waals surface area contributed by atoms with Crippen molar-refractivity contribution in [2.45, 2.75) is 38.9 Å². The van der Waals surface area contributed by atoms with E-state index in [2.05, 4.69) is 60.5 Å². The van der Waals surface area contributed by atoms with Gasteiger partial charge in [-0.3, -0.25) is 0 Å². The van der Waals surface area contributed by atoms with Crippen LogP contribution in [-0.2, 0) is 6.42 Å². The third kappa shape index (κ3) is 1.80. The van der Waals surface area contributed by atoms with E-state index in [0.717, 1.165) is 5.92 Å². The fourth-order valence-electron chi connectivity index (χ4n) is 2.90. The lowest BCUT2D eigenvalue weighted by Crippen LogP contribution is -2.09. The Balaban J connectivity index is 2.02. The largest absolute Gasteiger partial charge is 0.152 e. The third-order valence-corrected chi connectivity index (χ3v) is 6.09. The Hall–Kier alpha value is 0.180. The minimum Gasteiger partial charge on any atom is -0.152 e. The maximum atomic E-state index is 3.88. The first kappa shape index (κ1) is 11.7. The molecule has 0 aromatic carbocycles. The van der Waals surface area contributed by atoms with Crippen molar-refractivity contribution in [3.8, 4) is 0 Å². The highest BCUT2D eigenvalue weighted by atomic mass is 79.9. The predicted octanol–water partition coefficient (Wildman–Crippen LogP) is 4.74. The monoisotopic (exact) mass is 286 g/mol. The summed E-state index contributed by atoms with van der Waals surface area (Å²) in [4.78, 5) is 0.622. The molecule has 1 heterocycles. The zero-order chi connectivity index (χ0) is 11.3. The van der Waals surface area contributed by atoms with Crippen LogP contribution in [0.5, 0.6) is 0 Å². The molecule has 84 valence electrons. The topological polar surface area (TPSA) is 0 Å². The van der Waals surface area contributed by atoms with Gasteiger partial charge in [-0.2, -0.15) is 11.3 Å². The third-order valence-electron chi connectivity index (χ3n) is 4.50. The summed E-state index contributed by atoms with van der Waals surface area (Å²) in [6, 6.07) is 2.24. The van der Waals surface area contributed by atoms with E-state index in [1.165, 1.54) is 12.0 Å². The Morgan fingerprint density at radius 2 is 1.93 bits per heavy atom. The summed E-state index contributed by atoms with van der Waals surface area (Å²) in [5.74, 6) is 0.796. The summed E-state index contributed by atoms with van der Waals surface area (Å²) in [6.07, 6.45) is 1.17. The van der Waals surface area contributed by atoms with Crippen LogP contribution in [0, 0.1) is 16.7 Å². The van der Waals surface area contributed by atoms with E-state index in [9.17, 15) is 0 Å². The second-order valence-corrected chi connectivity index (χ2v) is 7.73. The van der Waals surface area contributed by atoms with Crippen LogP contribution in [0.1, 0.15) is 33.3 Å². The van der Waals surface area contributed by atoms with Crippen LogP contribution < -0.4 is 0 Å². The van der Waals surface area contributed by atoms with Crippen molar-refractivity contribution in [3.63, 3.8) is 0 Å². The first-order valence-electron chi connectivity index (χ1n) is 5.52. The smallest absolute Gasteiger partial charge is 0.0225 e. The van der Waals surface area contributed by atoms with Gasteiger partial charge in [-0.25, -0.2) is 0 Å². The molecular formula is C13H19BrS. The highest BCUT2D eigenvalue weighted by Crippen LogP contribution is 2.71. The molecule has 0 nitrogen and oxygen atoms in total.